The molecule has 3 atom stereocenters. The zero-order chi connectivity index (χ0) is 31.1. The van der Waals surface area contributed by atoms with Crippen LogP contribution in [0.3, 0.4) is 0 Å². The van der Waals surface area contributed by atoms with E-state index in [0.717, 1.165) is 58.3 Å². The van der Waals surface area contributed by atoms with Crippen LogP contribution < -0.4 is 5.32 Å². The van der Waals surface area contributed by atoms with Crippen LogP contribution in [0.1, 0.15) is 81.8 Å². The van der Waals surface area contributed by atoms with E-state index in [4.69, 9.17) is 9.15 Å². The van der Waals surface area contributed by atoms with E-state index in [0.29, 0.717) is 23.6 Å². The number of aliphatic hydroxyl groups is 1. The van der Waals surface area contributed by atoms with Crippen molar-refractivity contribution in [3.8, 4) is 11.5 Å². The van der Waals surface area contributed by atoms with Crippen LogP contribution in [0.4, 0.5) is 4.79 Å². The maximum absolute atomic E-state index is 13.8. The van der Waals surface area contributed by atoms with Gasteiger partial charge in [-0.3, -0.25) is 4.79 Å². The van der Waals surface area contributed by atoms with Crippen molar-refractivity contribution < 1.29 is 23.8 Å². The van der Waals surface area contributed by atoms with Gasteiger partial charge in [0.25, 0.3) is 5.91 Å². The van der Waals surface area contributed by atoms with Crippen LogP contribution in [0.15, 0.2) is 46.9 Å². The topological polar surface area (TPSA) is 96.9 Å². The Morgan fingerprint density at radius 1 is 1.02 bits per heavy atom. The van der Waals surface area contributed by atoms with Gasteiger partial charge in [0.05, 0.1) is 23.4 Å². The van der Waals surface area contributed by atoms with Crippen LogP contribution in [-0.2, 0) is 16.9 Å². The van der Waals surface area contributed by atoms with Crippen molar-refractivity contribution in [1.82, 2.24) is 14.8 Å². The number of nitrogens with zero attached hydrogens (tertiary/aromatic N) is 2. The average molecular weight is 598 g/mol. The first-order valence-electron chi connectivity index (χ1n) is 16.0. The van der Waals surface area contributed by atoms with Crippen LogP contribution in [-0.4, -0.2) is 50.8 Å². The molecule has 2 unspecified atom stereocenters. The first kappa shape index (κ1) is 29.0. The molecule has 44 heavy (non-hydrogen) atoms. The Bertz CT molecular complexity index is 1780. The molecule has 1 saturated heterocycles. The number of carbonyl (C=O) groups is 2. The van der Waals surface area contributed by atoms with E-state index >= 15 is 0 Å². The summed E-state index contributed by atoms with van der Waals surface area (Å²) in [5.41, 5.74) is 3.83. The van der Waals surface area contributed by atoms with E-state index in [9.17, 15) is 14.7 Å². The lowest BCUT2D eigenvalue weighted by Gasteiger charge is -2.28. The summed E-state index contributed by atoms with van der Waals surface area (Å²) in [6, 6.07) is 14.0. The first-order valence-corrected chi connectivity index (χ1v) is 16.0. The van der Waals surface area contributed by atoms with Crippen LogP contribution in [0.5, 0.6) is 0 Å². The number of aryl methyl sites for hydroxylation is 1. The number of fused-ring (bicyclic) bond motifs is 4. The molecule has 2 saturated carbocycles. The highest BCUT2D eigenvalue weighted by molar-refractivity contribution is 6.00. The molecule has 2 amide bonds. The van der Waals surface area contributed by atoms with Crippen molar-refractivity contribution in [3.63, 3.8) is 0 Å². The summed E-state index contributed by atoms with van der Waals surface area (Å²) in [7, 11) is 0. The molecule has 4 aromatic rings. The van der Waals surface area contributed by atoms with Gasteiger partial charge in [0.1, 0.15) is 11.2 Å². The maximum Gasteiger partial charge on any atom is 0.407 e. The van der Waals surface area contributed by atoms with Crippen molar-refractivity contribution in [3.05, 3.63) is 59.2 Å². The van der Waals surface area contributed by atoms with E-state index in [1.54, 1.807) is 0 Å². The fourth-order valence-electron chi connectivity index (χ4n) is 7.24. The van der Waals surface area contributed by atoms with Crippen molar-refractivity contribution in [1.29, 1.82) is 0 Å². The molecule has 1 aliphatic heterocycles. The molecule has 2 aromatic carbocycles. The molecular weight excluding hydrogens is 554 g/mol. The smallest absolute Gasteiger partial charge is 0.407 e. The van der Waals surface area contributed by atoms with Gasteiger partial charge in [-0.1, -0.05) is 18.2 Å². The highest BCUT2D eigenvalue weighted by Crippen LogP contribution is 2.42. The van der Waals surface area contributed by atoms with Gasteiger partial charge in [0, 0.05) is 40.5 Å². The largest absolute Gasteiger partial charge is 0.454 e. The third-order valence-corrected chi connectivity index (χ3v) is 9.70. The summed E-state index contributed by atoms with van der Waals surface area (Å²) in [5, 5.41) is 15.8. The minimum absolute atomic E-state index is 0.0345. The number of hydrogen-bond acceptors (Lipinski definition) is 5. The Hall–Kier alpha value is -3.78. The Kier molecular flexibility index (Phi) is 6.66. The normalized spacial score (nSPS) is 21.9. The van der Waals surface area contributed by atoms with Crippen molar-refractivity contribution >= 4 is 33.9 Å². The predicted molar refractivity (Wildman–Crippen MR) is 171 cm³/mol. The Morgan fingerprint density at radius 2 is 1.80 bits per heavy atom. The number of ether oxygens (including phenoxy) is 1. The number of aromatic nitrogens is 1. The number of furan rings is 1. The van der Waals surface area contributed by atoms with Crippen molar-refractivity contribution in [2.75, 3.05) is 6.54 Å². The summed E-state index contributed by atoms with van der Waals surface area (Å²) < 4.78 is 14.4. The molecule has 3 heterocycles. The number of likely N-dealkylation sites (tertiary alicyclic amines) is 1. The molecule has 2 aliphatic carbocycles. The second kappa shape index (κ2) is 10.1. The monoisotopic (exact) mass is 597 g/mol. The predicted octanol–water partition coefficient (Wildman–Crippen LogP) is 7.13. The first-order chi connectivity index (χ1) is 20.8. The Labute approximate surface area is 258 Å². The number of carbonyl (C=O) groups excluding carboxylic acids is 2. The molecule has 2 aromatic heterocycles. The Balaban J connectivity index is 1.19. The number of amides is 2. The molecular formula is C36H43N3O5. The highest BCUT2D eigenvalue weighted by atomic mass is 16.6. The fourth-order valence-corrected chi connectivity index (χ4v) is 7.24. The second-order valence-electron chi connectivity index (χ2n) is 14.7. The number of benzene rings is 2. The molecule has 0 spiro atoms. The van der Waals surface area contributed by atoms with E-state index < -0.39 is 17.3 Å². The molecule has 232 valence electrons. The molecule has 8 heteroatoms. The molecule has 3 aliphatic rings. The highest BCUT2D eigenvalue weighted by Gasteiger charge is 2.49. The minimum atomic E-state index is -0.929. The molecule has 8 nitrogen and oxygen atoms in total. The zero-order valence-corrected chi connectivity index (χ0v) is 26.6. The molecule has 2 N–H and O–H groups in total. The molecule has 7 rings (SSSR count). The SMILES string of the molecule is Cc1c(-c2cc3ccc(C(C)(C)O)cc3n2CC2CC2)oc2cc(C(=O)N3CC4CCC3[C@@H]4NC(=O)OC(C)(C)C)ccc12. The number of hydrogen-bond donors (Lipinski definition) is 2. The maximum atomic E-state index is 13.8. The lowest BCUT2D eigenvalue weighted by atomic mass is 9.97. The van der Waals surface area contributed by atoms with E-state index in [1.807, 2.05) is 63.8 Å². The lowest BCUT2D eigenvalue weighted by Crippen LogP contribution is -2.46. The van der Waals surface area contributed by atoms with Crippen molar-refractivity contribution in [2.45, 2.75) is 97.1 Å². The third-order valence-electron chi connectivity index (χ3n) is 9.70. The summed E-state index contributed by atoms with van der Waals surface area (Å²) in [6.07, 6.45) is 3.87. The van der Waals surface area contributed by atoms with Crippen LogP contribution in [0.25, 0.3) is 33.3 Å². The van der Waals surface area contributed by atoms with E-state index in [2.05, 4.69) is 35.0 Å². The second-order valence-corrected chi connectivity index (χ2v) is 14.7. The van der Waals surface area contributed by atoms with Crippen molar-refractivity contribution in [2.24, 2.45) is 11.8 Å². The summed E-state index contributed by atoms with van der Waals surface area (Å²) in [5.74, 6) is 1.65. The van der Waals surface area contributed by atoms with Gasteiger partial charge in [-0.2, -0.15) is 0 Å². The van der Waals surface area contributed by atoms with Crippen LogP contribution in [0.2, 0.25) is 0 Å². The number of nitrogens with one attached hydrogen (secondary N) is 1. The van der Waals surface area contributed by atoms with Gasteiger partial charge in [0.2, 0.25) is 0 Å². The standard InChI is InChI=1S/C36H43N3O5/c1-20-26-13-10-23(33(40)39-19-24-11-14-27(39)31(24)37-34(41)44-35(2,3)4)16-30(26)43-32(20)29-15-22-9-12-25(36(5,6)42)17-28(22)38(29)18-21-7-8-21/h9-10,12-13,15-17,21,24,27,31,42H,7-8,11,14,18-19H2,1-6H3,(H,37,41)/t24?,27?,31-/m1/s1. The van der Waals surface area contributed by atoms with Gasteiger partial charge in [-0.25, -0.2) is 4.79 Å². The van der Waals surface area contributed by atoms with Gasteiger partial charge in [0.15, 0.2) is 5.76 Å². The molecule has 0 radical (unpaired) electrons. The molecule has 2 bridgehead atoms. The van der Waals surface area contributed by atoms with Gasteiger partial charge < -0.3 is 29.0 Å². The number of alkyl carbamates (subject to hydrolysis) is 1. The van der Waals surface area contributed by atoms with Crippen LogP contribution >= 0.6 is 0 Å². The summed E-state index contributed by atoms with van der Waals surface area (Å²) in [6.45, 7) is 12.8. The fraction of sp³-hybridized carbons (Fsp3) is 0.500. The Morgan fingerprint density at radius 3 is 2.50 bits per heavy atom. The minimum Gasteiger partial charge on any atom is -0.454 e. The quantitative estimate of drug-likeness (QED) is 0.247. The summed E-state index contributed by atoms with van der Waals surface area (Å²) in [4.78, 5) is 28.3. The van der Waals surface area contributed by atoms with Gasteiger partial charge in [-0.05, 0) is 109 Å². The van der Waals surface area contributed by atoms with Gasteiger partial charge in [-0.15, -0.1) is 0 Å². The van der Waals surface area contributed by atoms with E-state index in [1.165, 1.54) is 12.8 Å². The number of rotatable bonds is 6. The number of piperidine rings is 1. The lowest BCUT2D eigenvalue weighted by molar-refractivity contribution is 0.0485. The molecule has 3 fully saturated rings. The zero-order valence-electron chi connectivity index (χ0n) is 26.6. The summed E-state index contributed by atoms with van der Waals surface area (Å²) >= 11 is 0. The van der Waals surface area contributed by atoms with Gasteiger partial charge >= 0.3 is 6.09 Å². The van der Waals surface area contributed by atoms with Crippen LogP contribution in [0, 0.1) is 18.8 Å². The third kappa shape index (κ3) is 5.17. The van der Waals surface area contributed by atoms with E-state index in [-0.39, 0.29) is 23.9 Å². The average Bonchev–Trinajstić information content (AvgIpc) is 3.30.